The number of methoxy groups -OCH3 is 1. The summed E-state index contributed by atoms with van der Waals surface area (Å²) in [6.07, 6.45) is 0. The highest BCUT2D eigenvalue weighted by atomic mass is 35.5. The molecule has 1 N–H and O–H groups in total. The first-order valence-electron chi connectivity index (χ1n) is 6.20. The highest BCUT2D eigenvalue weighted by Gasteiger charge is 2.13. The number of nitrogens with zero attached hydrogens (tertiary/aromatic N) is 1. The monoisotopic (exact) mass is 286 g/mol. The van der Waals surface area contributed by atoms with Gasteiger partial charge in [-0.25, -0.2) is 0 Å². The molecule has 2 aromatic carbocycles. The summed E-state index contributed by atoms with van der Waals surface area (Å²) < 4.78 is 5.11. The quantitative estimate of drug-likeness (QED) is 0.909. The third-order valence-electron chi connectivity index (χ3n) is 3.07. The molecule has 0 aliphatic heterocycles. The van der Waals surface area contributed by atoms with Gasteiger partial charge in [-0.05, 0) is 54.4 Å². The molecule has 2 rings (SSSR count). The summed E-state index contributed by atoms with van der Waals surface area (Å²) in [4.78, 5) is 0. The topological polar surface area (TPSA) is 45.0 Å². The smallest absolute Gasteiger partial charge is 0.140 e. The second kappa shape index (κ2) is 6.31. The maximum atomic E-state index is 9.37. The zero-order chi connectivity index (χ0) is 14.5. The summed E-state index contributed by atoms with van der Waals surface area (Å²) >= 11 is 5.94. The normalized spacial score (nSPS) is 11.5. The third kappa shape index (κ3) is 3.23. The fourth-order valence-electron chi connectivity index (χ4n) is 2.00. The van der Waals surface area contributed by atoms with Crippen molar-refractivity contribution in [1.29, 1.82) is 5.26 Å². The standard InChI is InChI=1S/C16H15ClN2O/c1-11-9-12(17)3-8-15(11)16(10-18)19-13-4-6-14(20-2)7-5-13/h3-9,16,19H,1-2H3. The van der Waals surface area contributed by atoms with E-state index < -0.39 is 6.04 Å². The summed E-state index contributed by atoms with van der Waals surface area (Å²) in [5, 5.41) is 13.2. The lowest BCUT2D eigenvalue weighted by molar-refractivity contribution is 0.415. The maximum absolute atomic E-state index is 9.37. The van der Waals surface area contributed by atoms with Crippen LogP contribution in [-0.2, 0) is 0 Å². The molecule has 0 heterocycles. The zero-order valence-electron chi connectivity index (χ0n) is 11.4. The van der Waals surface area contributed by atoms with Crippen LogP contribution in [0.25, 0.3) is 0 Å². The van der Waals surface area contributed by atoms with Crippen molar-refractivity contribution >= 4 is 17.3 Å². The Morgan fingerprint density at radius 2 is 1.90 bits per heavy atom. The molecule has 102 valence electrons. The number of hydrogen-bond donors (Lipinski definition) is 1. The minimum atomic E-state index is -0.416. The number of ether oxygens (including phenoxy) is 1. The molecule has 2 aromatic rings. The first-order chi connectivity index (χ1) is 9.63. The summed E-state index contributed by atoms with van der Waals surface area (Å²) in [5.74, 6) is 0.784. The van der Waals surface area contributed by atoms with E-state index in [1.807, 2.05) is 43.3 Å². The first kappa shape index (κ1) is 14.2. The van der Waals surface area contributed by atoms with E-state index in [1.165, 1.54) is 0 Å². The molecule has 0 fully saturated rings. The Balaban J connectivity index is 2.22. The summed E-state index contributed by atoms with van der Waals surface area (Å²) in [7, 11) is 1.62. The van der Waals surface area contributed by atoms with Crippen molar-refractivity contribution in [1.82, 2.24) is 0 Å². The average molecular weight is 287 g/mol. The number of aryl methyl sites for hydroxylation is 1. The van der Waals surface area contributed by atoms with E-state index in [1.54, 1.807) is 13.2 Å². The van der Waals surface area contributed by atoms with Crippen LogP contribution in [-0.4, -0.2) is 7.11 Å². The largest absolute Gasteiger partial charge is 0.497 e. The van der Waals surface area contributed by atoms with Gasteiger partial charge in [0.1, 0.15) is 11.8 Å². The average Bonchev–Trinajstić information content (AvgIpc) is 2.46. The molecule has 0 radical (unpaired) electrons. The van der Waals surface area contributed by atoms with Gasteiger partial charge >= 0.3 is 0 Å². The van der Waals surface area contributed by atoms with Gasteiger partial charge in [-0.1, -0.05) is 17.7 Å². The van der Waals surface area contributed by atoms with Gasteiger partial charge in [-0.2, -0.15) is 5.26 Å². The number of halogens is 1. The molecule has 1 unspecified atom stereocenters. The number of nitriles is 1. The number of rotatable bonds is 4. The van der Waals surface area contributed by atoms with Crippen LogP contribution in [0.15, 0.2) is 42.5 Å². The van der Waals surface area contributed by atoms with Crippen molar-refractivity contribution in [2.24, 2.45) is 0 Å². The number of nitrogens with one attached hydrogen (secondary N) is 1. The van der Waals surface area contributed by atoms with E-state index in [4.69, 9.17) is 16.3 Å². The van der Waals surface area contributed by atoms with Crippen molar-refractivity contribution in [3.8, 4) is 11.8 Å². The molecule has 0 spiro atoms. The molecule has 0 saturated heterocycles. The molecule has 0 amide bonds. The lowest BCUT2D eigenvalue weighted by Gasteiger charge is -2.16. The predicted octanol–water partition coefficient (Wildman–Crippen LogP) is 4.33. The van der Waals surface area contributed by atoms with E-state index in [2.05, 4.69) is 11.4 Å². The van der Waals surface area contributed by atoms with E-state index in [0.29, 0.717) is 5.02 Å². The Bertz CT molecular complexity index is 632. The first-order valence-corrected chi connectivity index (χ1v) is 6.58. The molecule has 0 aromatic heterocycles. The molecule has 0 aliphatic carbocycles. The Morgan fingerprint density at radius 1 is 1.20 bits per heavy atom. The van der Waals surface area contributed by atoms with Gasteiger partial charge in [0.2, 0.25) is 0 Å². The SMILES string of the molecule is COc1ccc(NC(C#N)c2ccc(Cl)cc2C)cc1. The van der Waals surface area contributed by atoms with Crippen LogP contribution in [0.1, 0.15) is 17.2 Å². The maximum Gasteiger partial charge on any atom is 0.140 e. The van der Waals surface area contributed by atoms with Crippen molar-refractivity contribution < 1.29 is 4.74 Å². The van der Waals surface area contributed by atoms with Crippen molar-refractivity contribution in [3.63, 3.8) is 0 Å². The molecular weight excluding hydrogens is 272 g/mol. The highest BCUT2D eigenvalue weighted by molar-refractivity contribution is 6.30. The van der Waals surface area contributed by atoms with Gasteiger partial charge in [-0.15, -0.1) is 0 Å². The minimum absolute atomic E-state index is 0.416. The molecule has 0 bridgehead atoms. The Labute approximate surface area is 123 Å². The number of hydrogen-bond acceptors (Lipinski definition) is 3. The number of anilines is 1. The van der Waals surface area contributed by atoms with E-state index in [0.717, 1.165) is 22.6 Å². The Kier molecular flexibility index (Phi) is 4.49. The molecule has 20 heavy (non-hydrogen) atoms. The van der Waals surface area contributed by atoms with Crippen LogP contribution < -0.4 is 10.1 Å². The second-order valence-electron chi connectivity index (χ2n) is 4.44. The van der Waals surface area contributed by atoms with Crippen LogP contribution in [0.5, 0.6) is 5.75 Å². The number of benzene rings is 2. The predicted molar refractivity (Wildman–Crippen MR) is 81.2 cm³/mol. The lowest BCUT2D eigenvalue weighted by Crippen LogP contribution is -2.09. The summed E-state index contributed by atoms with van der Waals surface area (Å²) in [5.41, 5.74) is 2.78. The fraction of sp³-hybridized carbons (Fsp3) is 0.188. The van der Waals surface area contributed by atoms with Crippen molar-refractivity contribution in [2.75, 3.05) is 12.4 Å². The van der Waals surface area contributed by atoms with Crippen LogP contribution in [0.4, 0.5) is 5.69 Å². The third-order valence-corrected chi connectivity index (χ3v) is 3.31. The van der Waals surface area contributed by atoms with Gasteiger partial charge in [0.25, 0.3) is 0 Å². The molecule has 0 aliphatic rings. The molecular formula is C16H15ClN2O. The van der Waals surface area contributed by atoms with Crippen LogP contribution in [0, 0.1) is 18.3 Å². The second-order valence-corrected chi connectivity index (χ2v) is 4.87. The zero-order valence-corrected chi connectivity index (χ0v) is 12.1. The van der Waals surface area contributed by atoms with Gasteiger partial charge in [0.15, 0.2) is 0 Å². The van der Waals surface area contributed by atoms with Crippen LogP contribution in [0.3, 0.4) is 0 Å². The Morgan fingerprint density at radius 3 is 2.45 bits per heavy atom. The molecule has 3 nitrogen and oxygen atoms in total. The van der Waals surface area contributed by atoms with E-state index in [-0.39, 0.29) is 0 Å². The van der Waals surface area contributed by atoms with E-state index in [9.17, 15) is 5.26 Å². The molecule has 4 heteroatoms. The van der Waals surface area contributed by atoms with E-state index >= 15 is 0 Å². The summed E-state index contributed by atoms with van der Waals surface area (Å²) in [6, 6.07) is 14.9. The van der Waals surface area contributed by atoms with Gasteiger partial charge < -0.3 is 10.1 Å². The summed E-state index contributed by atoms with van der Waals surface area (Å²) in [6.45, 7) is 1.95. The highest BCUT2D eigenvalue weighted by Crippen LogP contribution is 2.25. The molecule has 0 saturated carbocycles. The molecule has 1 atom stereocenters. The van der Waals surface area contributed by atoms with Crippen LogP contribution in [0.2, 0.25) is 5.02 Å². The lowest BCUT2D eigenvalue weighted by atomic mass is 10.0. The van der Waals surface area contributed by atoms with Gasteiger partial charge in [0, 0.05) is 10.7 Å². The Hall–Kier alpha value is -2.18. The van der Waals surface area contributed by atoms with Crippen LogP contribution >= 0.6 is 11.6 Å². The fourth-order valence-corrected chi connectivity index (χ4v) is 2.22. The van der Waals surface area contributed by atoms with Crippen molar-refractivity contribution in [2.45, 2.75) is 13.0 Å². The van der Waals surface area contributed by atoms with Gasteiger partial charge in [-0.3, -0.25) is 0 Å². The van der Waals surface area contributed by atoms with Crippen molar-refractivity contribution in [3.05, 3.63) is 58.6 Å². The minimum Gasteiger partial charge on any atom is -0.497 e. The van der Waals surface area contributed by atoms with Gasteiger partial charge in [0.05, 0.1) is 13.2 Å².